The van der Waals surface area contributed by atoms with E-state index in [1.807, 2.05) is 24.3 Å². The second-order valence-corrected chi connectivity index (χ2v) is 5.39. The smallest absolute Gasteiger partial charge is 0.220 e. The zero-order chi connectivity index (χ0) is 16.1. The van der Waals surface area contributed by atoms with Crippen LogP contribution in [0.15, 0.2) is 48.5 Å². The zero-order valence-corrected chi connectivity index (χ0v) is 12.7. The van der Waals surface area contributed by atoms with E-state index in [1.165, 1.54) is 6.07 Å². The van der Waals surface area contributed by atoms with E-state index in [0.717, 1.165) is 16.9 Å². The summed E-state index contributed by atoms with van der Waals surface area (Å²) in [6.45, 7) is 0.510. The Bertz CT molecular complexity index is 780. The van der Waals surface area contributed by atoms with Gasteiger partial charge in [0.25, 0.3) is 0 Å². The average molecular weight is 311 g/mol. The molecule has 1 heterocycles. The maximum atomic E-state index is 13.5. The topological polar surface area (TPSA) is 57.8 Å². The molecule has 0 atom stereocenters. The fourth-order valence-corrected chi connectivity index (χ4v) is 2.48. The molecule has 2 aromatic carbocycles. The first-order chi connectivity index (χ1) is 11.2. The first-order valence-electron chi connectivity index (χ1n) is 7.66. The summed E-state index contributed by atoms with van der Waals surface area (Å²) in [6, 6.07) is 14.4. The van der Waals surface area contributed by atoms with Crippen molar-refractivity contribution < 1.29 is 9.18 Å². The highest BCUT2D eigenvalue weighted by molar-refractivity contribution is 5.76. The van der Waals surface area contributed by atoms with Crippen LogP contribution in [0.5, 0.6) is 0 Å². The SMILES string of the molecule is O=C(CCc1ccccc1F)NCCc1nc2ccccc2[nH]1. The van der Waals surface area contributed by atoms with Crippen LogP contribution >= 0.6 is 0 Å². The Morgan fingerprint density at radius 2 is 1.87 bits per heavy atom. The number of amides is 1. The van der Waals surface area contributed by atoms with E-state index in [2.05, 4.69) is 15.3 Å². The van der Waals surface area contributed by atoms with Crippen LogP contribution in [0.1, 0.15) is 17.8 Å². The van der Waals surface area contributed by atoms with Crippen molar-refractivity contribution in [3.8, 4) is 0 Å². The fourth-order valence-electron chi connectivity index (χ4n) is 2.48. The summed E-state index contributed by atoms with van der Waals surface area (Å²) in [4.78, 5) is 19.5. The van der Waals surface area contributed by atoms with Crippen molar-refractivity contribution in [1.82, 2.24) is 15.3 Å². The number of aromatic nitrogens is 2. The molecule has 23 heavy (non-hydrogen) atoms. The van der Waals surface area contributed by atoms with Crippen LogP contribution in [-0.4, -0.2) is 22.4 Å². The number of halogens is 1. The molecule has 0 saturated heterocycles. The van der Waals surface area contributed by atoms with E-state index >= 15 is 0 Å². The molecule has 0 radical (unpaired) electrons. The van der Waals surface area contributed by atoms with Gasteiger partial charge in [0.05, 0.1) is 11.0 Å². The van der Waals surface area contributed by atoms with Crippen LogP contribution < -0.4 is 5.32 Å². The van der Waals surface area contributed by atoms with Crippen LogP contribution in [0, 0.1) is 5.82 Å². The van der Waals surface area contributed by atoms with Gasteiger partial charge in [0.1, 0.15) is 11.6 Å². The van der Waals surface area contributed by atoms with E-state index in [-0.39, 0.29) is 18.1 Å². The van der Waals surface area contributed by atoms with Crippen LogP contribution in [0.4, 0.5) is 4.39 Å². The molecule has 0 fully saturated rings. The van der Waals surface area contributed by atoms with Crippen molar-refractivity contribution in [3.63, 3.8) is 0 Å². The highest BCUT2D eigenvalue weighted by Crippen LogP contribution is 2.10. The first kappa shape index (κ1) is 15.2. The summed E-state index contributed by atoms with van der Waals surface area (Å²) in [5.74, 6) is 0.507. The Balaban J connectivity index is 1.45. The molecular weight excluding hydrogens is 293 g/mol. The van der Waals surface area contributed by atoms with Gasteiger partial charge < -0.3 is 10.3 Å². The third kappa shape index (κ3) is 3.94. The van der Waals surface area contributed by atoms with Crippen molar-refractivity contribution in [2.24, 2.45) is 0 Å². The number of imidazole rings is 1. The summed E-state index contributed by atoms with van der Waals surface area (Å²) >= 11 is 0. The summed E-state index contributed by atoms with van der Waals surface area (Å²) < 4.78 is 13.5. The molecule has 1 amide bonds. The summed E-state index contributed by atoms with van der Waals surface area (Å²) in [5, 5.41) is 2.84. The Morgan fingerprint density at radius 1 is 1.09 bits per heavy atom. The van der Waals surface area contributed by atoms with E-state index in [0.29, 0.717) is 24.9 Å². The number of fused-ring (bicyclic) bond motifs is 1. The minimum Gasteiger partial charge on any atom is -0.356 e. The third-order valence-corrected chi connectivity index (χ3v) is 3.70. The minimum absolute atomic E-state index is 0.0793. The maximum Gasteiger partial charge on any atom is 0.220 e. The van der Waals surface area contributed by atoms with Crippen molar-refractivity contribution in [2.75, 3.05) is 6.54 Å². The van der Waals surface area contributed by atoms with Gasteiger partial charge in [-0.2, -0.15) is 0 Å². The third-order valence-electron chi connectivity index (χ3n) is 3.70. The Morgan fingerprint density at radius 3 is 2.70 bits per heavy atom. The van der Waals surface area contributed by atoms with Crippen molar-refractivity contribution in [2.45, 2.75) is 19.3 Å². The molecule has 0 unspecified atom stereocenters. The lowest BCUT2D eigenvalue weighted by molar-refractivity contribution is -0.121. The monoisotopic (exact) mass is 311 g/mol. The number of H-pyrrole nitrogens is 1. The van der Waals surface area contributed by atoms with Crippen LogP contribution in [0.3, 0.4) is 0 Å². The van der Waals surface area contributed by atoms with E-state index in [4.69, 9.17) is 0 Å². The number of nitrogens with one attached hydrogen (secondary N) is 2. The molecule has 3 aromatic rings. The molecule has 2 N–H and O–H groups in total. The van der Waals surface area contributed by atoms with E-state index in [1.54, 1.807) is 18.2 Å². The van der Waals surface area contributed by atoms with Gasteiger partial charge in [-0.15, -0.1) is 0 Å². The number of benzene rings is 2. The number of hydrogen-bond donors (Lipinski definition) is 2. The van der Waals surface area contributed by atoms with Gasteiger partial charge in [0, 0.05) is 19.4 Å². The summed E-state index contributed by atoms with van der Waals surface area (Å²) in [5.41, 5.74) is 2.49. The van der Waals surface area contributed by atoms with Crippen molar-refractivity contribution >= 4 is 16.9 Å². The average Bonchev–Trinajstić information content (AvgIpc) is 2.97. The van der Waals surface area contributed by atoms with Crippen molar-refractivity contribution in [1.29, 1.82) is 0 Å². The Kier molecular flexibility index (Phi) is 4.66. The fraction of sp³-hybridized carbons (Fsp3) is 0.222. The number of hydrogen-bond acceptors (Lipinski definition) is 2. The lowest BCUT2D eigenvalue weighted by Gasteiger charge is -2.05. The lowest BCUT2D eigenvalue weighted by Crippen LogP contribution is -2.26. The summed E-state index contributed by atoms with van der Waals surface area (Å²) in [7, 11) is 0. The highest BCUT2D eigenvalue weighted by atomic mass is 19.1. The Hall–Kier alpha value is -2.69. The molecule has 1 aromatic heterocycles. The molecule has 0 aliphatic heterocycles. The van der Waals surface area contributed by atoms with Crippen LogP contribution in [0.25, 0.3) is 11.0 Å². The number of aromatic amines is 1. The van der Waals surface area contributed by atoms with Gasteiger partial charge in [-0.3, -0.25) is 4.79 Å². The van der Waals surface area contributed by atoms with Gasteiger partial charge in [-0.05, 0) is 30.2 Å². The molecule has 0 bridgehead atoms. The molecule has 5 heteroatoms. The minimum atomic E-state index is -0.262. The van der Waals surface area contributed by atoms with Gasteiger partial charge >= 0.3 is 0 Å². The lowest BCUT2D eigenvalue weighted by atomic mass is 10.1. The molecule has 0 saturated carbocycles. The molecular formula is C18H18FN3O. The van der Waals surface area contributed by atoms with Gasteiger partial charge in [-0.25, -0.2) is 9.37 Å². The number of carbonyl (C=O) groups excluding carboxylic acids is 1. The predicted molar refractivity (Wildman–Crippen MR) is 87.5 cm³/mol. The molecule has 4 nitrogen and oxygen atoms in total. The van der Waals surface area contributed by atoms with Gasteiger partial charge in [0.2, 0.25) is 5.91 Å². The number of nitrogens with zero attached hydrogens (tertiary/aromatic N) is 1. The number of rotatable bonds is 6. The second kappa shape index (κ2) is 7.05. The molecule has 0 aliphatic rings. The molecule has 3 rings (SSSR count). The van der Waals surface area contributed by atoms with Gasteiger partial charge in [0.15, 0.2) is 0 Å². The largest absolute Gasteiger partial charge is 0.356 e. The molecule has 0 spiro atoms. The number of carbonyl (C=O) groups is 1. The van der Waals surface area contributed by atoms with Crippen LogP contribution in [-0.2, 0) is 17.6 Å². The quantitative estimate of drug-likeness (QED) is 0.735. The molecule has 118 valence electrons. The molecule has 0 aliphatic carbocycles. The van der Waals surface area contributed by atoms with E-state index < -0.39 is 0 Å². The number of aryl methyl sites for hydroxylation is 1. The standard InChI is InChI=1S/C18H18FN3O/c19-14-6-2-1-5-13(14)9-10-18(23)20-12-11-17-21-15-7-3-4-8-16(15)22-17/h1-8H,9-12H2,(H,20,23)(H,21,22). The predicted octanol–water partition coefficient (Wildman–Crippen LogP) is 2.99. The number of para-hydroxylation sites is 2. The normalized spacial score (nSPS) is 10.8. The maximum absolute atomic E-state index is 13.5. The second-order valence-electron chi connectivity index (χ2n) is 5.39. The van der Waals surface area contributed by atoms with Crippen LogP contribution in [0.2, 0.25) is 0 Å². The highest BCUT2D eigenvalue weighted by Gasteiger charge is 2.06. The Labute approximate surface area is 133 Å². The summed E-state index contributed by atoms with van der Waals surface area (Å²) in [6.07, 6.45) is 1.32. The zero-order valence-electron chi connectivity index (χ0n) is 12.7. The first-order valence-corrected chi connectivity index (χ1v) is 7.66. The van der Waals surface area contributed by atoms with Crippen molar-refractivity contribution in [3.05, 3.63) is 65.7 Å². The van der Waals surface area contributed by atoms with E-state index in [9.17, 15) is 9.18 Å². The van der Waals surface area contributed by atoms with Gasteiger partial charge in [-0.1, -0.05) is 30.3 Å².